The first-order valence-corrected chi connectivity index (χ1v) is 13.8. The molecule has 2 aliphatic heterocycles. The third-order valence-electron chi connectivity index (χ3n) is 8.08. The number of aryl methyl sites for hydroxylation is 1. The summed E-state index contributed by atoms with van der Waals surface area (Å²) < 4.78 is 0. The molecule has 3 aromatic carbocycles. The van der Waals surface area contributed by atoms with E-state index in [1.807, 2.05) is 55.5 Å². The Morgan fingerprint density at radius 3 is 2.40 bits per heavy atom. The second-order valence-electron chi connectivity index (χ2n) is 10.8. The number of imide groups is 1. The number of rotatable bonds is 8. The maximum atomic E-state index is 14.2. The molecule has 2 aliphatic rings. The van der Waals surface area contributed by atoms with Gasteiger partial charge in [-0.2, -0.15) is 0 Å². The number of fused-ring (bicyclic) bond motifs is 4. The van der Waals surface area contributed by atoms with Crippen molar-refractivity contribution in [3.63, 3.8) is 0 Å². The van der Waals surface area contributed by atoms with Gasteiger partial charge in [0.25, 0.3) is 11.8 Å². The highest BCUT2D eigenvalue weighted by atomic mass is 16.4. The van der Waals surface area contributed by atoms with Gasteiger partial charge in [0.05, 0.1) is 11.3 Å². The maximum Gasteiger partial charge on any atom is 0.332 e. The SMILES string of the molecule is Cc1ccc([C@@H]2c3[nH]c4ccccc4c3C[C@H]3C(=O)N(c4ccccc4C(=O)N[C@H](CCC(=O)O)C(=O)O)C(=O)N23)cc1. The highest BCUT2D eigenvalue weighted by Crippen LogP contribution is 2.45. The largest absolute Gasteiger partial charge is 0.481 e. The minimum Gasteiger partial charge on any atom is -0.481 e. The van der Waals surface area contributed by atoms with E-state index in [9.17, 15) is 29.1 Å². The smallest absolute Gasteiger partial charge is 0.332 e. The molecule has 0 spiro atoms. The van der Waals surface area contributed by atoms with Crippen LogP contribution in [0.25, 0.3) is 10.9 Å². The van der Waals surface area contributed by atoms with Crippen LogP contribution < -0.4 is 10.2 Å². The molecule has 43 heavy (non-hydrogen) atoms. The summed E-state index contributed by atoms with van der Waals surface area (Å²) in [5, 5.41) is 21.8. The zero-order chi connectivity index (χ0) is 30.4. The Morgan fingerprint density at radius 1 is 0.977 bits per heavy atom. The summed E-state index contributed by atoms with van der Waals surface area (Å²) in [5.74, 6) is -3.94. The molecule has 0 unspecified atom stereocenters. The van der Waals surface area contributed by atoms with Crippen LogP contribution in [0.15, 0.2) is 72.8 Å². The second kappa shape index (κ2) is 10.8. The van der Waals surface area contributed by atoms with Crippen LogP contribution in [0.4, 0.5) is 10.5 Å². The van der Waals surface area contributed by atoms with E-state index >= 15 is 0 Å². The topological polar surface area (TPSA) is 160 Å². The summed E-state index contributed by atoms with van der Waals surface area (Å²) in [6.45, 7) is 1.96. The minimum atomic E-state index is -1.47. The van der Waals surface area contributed by atoms with Gasteiger partial charge in [0.1, 0.15) is 18.1 Å². The fraction of sp³-hybridized carbons (Fsp3) is 0.219. The number of aromatic nitrogens is 1. The van der Waals surface area contributed by atoms with E-state index in [1.165, 1.54) is 18.2 Å². The average molecular weight is 581 g/mol. The number of nitrogens with zero attached hydrogens (tertiary/aromatic N) is 2. The molecule has 3 atom stereocenters. The number of anilines is 1. The lowest BCUT2D eigenvalue weighted by Gasteiger charge is -2.36. The molecule has 1 fully saturated rings. The van der Waals surface area contributed by atoms with E-state index in [1.54, 1.807) is 11.0 Å². The Balaban J connectivity index is 1.40. The van der Waals surface area contributed by atoms with Gasteiger partial charge >= 0.3 is 18.0 Å². The van der Waals surface area contributed by atoms with Crippen molar-refractivity contribution < 1.29 is 34.2 Å². The predicted octanol–water partition coefficient (Wildman–Crippen LogP) is 4.01. The molecule has 0 radical (unpaired) electrons. The minimum absolute atomic E-state index is 0.0166. The van der Waals surface area contributed by atoms with Gasteiger partial charge in [0.15, 0.2) is 0 Å². The lowest BCUT2D eigenvalue weighted by atomic mass is 9.88. The van der Waals surface area contributed by atoms with Crippen LogP contribution in [0.3, 0.4) is 0 Å². The van der Waals surface area contributed by atoms with E-state index in [0.29, 0.717) is 0 Å². The standard InChI is InChI=1S/C32H28N4O7/c1-17-10-12-18(13-11-17)28-27-21(19-6-2-4-8-22(19)33-27)16-25-30(40)36(32(43)35(25)28)24-9-5-3-7-20(24)29(39)34-23(31(41)42)14-15-26(37)38/h2-13,23,25,28,33H,14-16H2,1H3,(H,34,39)(H,37,38)(H,41,42)/t23-,25+,28-/m1/s1. The Labute approximate surface area is 245 Å². The van der Waals surface area contributed by atoms with Crippen LogP contribution in [-0.4, -0.2) is 62.0 Å². The van der Waals surface area contributed by atoms with Gasteiger partial charge in [-0.1, -0.05) is 60.2 Å². The summed E-state index contributed by atoms with van der Waals surface area (Å²) in [5.41, 5.74) is 4.46. The van der Waals surface area contributed by atoms with Crippen LogP contribution >= 0.6 is 0 Å². The van der Waals surface area contributed by atoms with E-state index in [2.05, 4.69) is 10.3 Å². The molecule has 218 valence electrons. The van der Waals surface area contributed by atoms with E-state index in [0.717, 1.165) is 38.2 Å². The van der Waals surface area contributed by atoms with E-state index in [4.69, 9.17) is 5.11 Å². The Hall–Kier alpha value is -5.45. The van der Waals surface area contributed by atoms with Crippen molar-refractivity contribution in [2.75, 3.05) is 4.90 Å². The molecule has 4 aromatic rings. The number of carbonyl (C=O) groups excluding carboxylic acids is 3. The molecule has 0 aliphatic carbocycles. The maximum absolute atomic E-state index is 14.2. The molecule has 3 heterocycles. The van der Waals surface area contributed by atoms with Crippen molar-refractivity contribution in [3.8, 4) is 0 Å². The monoisotopic (exact) mass is 580 g/mol. The summed E-state index contributed by atoms with van der Waals surface area (Å²) in [4.78, 5) is 70.4. The van der Waals surface area contributed by atoms with Crippen LogP contribution in [0.2, 0.25) is 0 Å². The van der Waals surface area contributed by atoms with E-state index < -0.39 is 54.3 Å². The van der Waals surface area contributed by atoms with Crippen molar-refractivity contribution in [2.24, 2.45) is 0 Å². The number of aromatic amines is 1. The van der Waals surface area contributed by atoms with Crippen molar-refractivity contribution in [2.45, 2.75) is 44.3 Å². The number of hydrogen-bond donors (Lipinski definition) is 4. The normalized spacial score (nSPS) is 18.3. The van der Waals surface area contributed by atoms with Crippen LogP contribution in [-0.2, 0) is 20.8 Å². The summed E-state index contributed by atoms with van der Waals surface area (Å²) in [7, 11) is 0. The number of carboxylic acids is 2. The molecule has 0 bridgehead atoms. The molecule has 6 rings (SSSR count). The Morgan fingerprint density at radius 2 is 1.67 bits per heavy atom. The molecular weight excluding hydrogens is 552 g/mol. The third-order valence-corrected chi connectivity index (χ3v) is 8.08. The van der Waals surface area contributed by atoms with Gasteiger partial charge in [0, 0.05) is 29.4 Å². The fourth-order valence-corrected chi connectivity index (χ4v) is 6.01. The molecule has 4 N–H and O–H groups in total. The van der Waals surface area contributed by atoms with Crippen LogP contribution in [0.5, 0.6) is 0 Å². The zero-order valence-electron chi connectivity index (χ0n) is 23.1. The first-order chi connectivity index (χ1) is 20.7. The quantitative estimate of drug-likeness (QED) is 0.229. The van der Waals surface area contributed by atoms with E-state index in [-0.39, 0.29) is 24.1 Å². The number of carboxylic acid groups (broad SMARTS) is 2. The number of H-pyrrole nitrogens is 1. The molecule has 0 saturated carbocycles. The van der Waals surface area contributed by atoms with Gasteiger partial charge in [-0.05, 0) is 42.7 Å². The van der Waals surface area contributed by atoms with Crippen LogP contribution in [0.1, 0.15) is 51.6 Å². The van der Waals surface area contributed by atoms with Crippen molar-refractivity contribution in [1.29, 1.82) is 0 Å². The fourth-order valence-electron chi connectivity index (χ4n) is 6.01. The average Bonchev–Trinajstić information content (AvgIpc) is 3.48. The number of nitrogens with one attached hydrogen (secondary N) is 2. The molecule has 11 heteroatoms. The number of para-hydroxylation sites is 2. The Kier molecular flexibility index (Phi) is 6.93. The van der Waals surface area contributed by atoms with Crippen molar-refractivity contribution >= 4 is 46.4 Å². The number of urea groups is 1. The lowest BCUT2D eigenvalue weighted by Crippen LogP contribution is -2.44. The number of hydrogen-bond acceptors (Lipinski definition) is 5. The number of amides is 4. The Bertz CT molecular complexity index is 1800. The first-order valence-electron chi connectivity index (χ1n) is 13.8. The third kappa shape index (κ3) is 4.78. The number of aliphatic carboxylic acids is 2. The number of carbonyl (C=O) groups is 5. The molecule has 1 saturated heterocycles. The molecule has 11 nitrogen and oxygen atoms in total. The highest BCUT2D eigenvalue weighted by molar-refractivity contribution is 6.24. The van der Waals surface area contributed by atoms with Gasteiger partial charge in [-0.15, -0.1) is 0 Å². The molecule has 1 aromatic heterocycles. The number of benzene rings is 3. The van der Waals surface area contributed by atoms with Gasteiger partial charge in [-0.3, -0.25) is 19.3 Å². The predicted molar refractivity (Wildman–Crippen MR) is 156 cm³/mol. The molecular formula is C32H28N4O7. The summed E-state index contributed by atoms with van der Waals surface area (Å²) in [6, 6.07) is 18.0. The van der Waals surface area contributed by atoms with Gasteiger partial charge in [-0.25, -0.2) is 14.5 Å². The lowest BCUT2D eigenvalue weighted by molar-refractivity contribution is -0.140. The molecule has 4 amide bonds. The summed E-state index contributed by atoms with van der Waals surface area (Å²) in [6.07, 6.45) is -0.527. The van der Waals surface area contributed by atoms with Gasteiger partial charge < -0.3 is 20.5 Å². The van der Waals surface area contributed by atoms with Gasteiger partial charge in [0.2, 0.25) is 0 Å². The second-order valence-corrected chi connectivity index (χ2v) is 10.8. The van der Waals surface area contributed by atoms with Crippen molar-refractivity contribution in [3.05, 3.63) is 101 Å². The highest BCUT2D eigenvalue weighted by Gasteiger charge is 2.53. The zero-order valence-corrected chi connectivity index (χ0v) is 23.1. The first kappa shape index (κ1) is 27.7. The van der Waals surface area contributed by atoms with Crippen molar-refractivity contribution in [1.82, 2.24) is 15.2 Å². The van der Waals surface area contributed by atoms with Crippen LogP contribution in [0, 0.1) is 6.92 Å². The summed E-state index contributed by atoms with van der Waals surface area (Å²) >= 11 is 0.